The lowest BCUT2D eigenvalue weighted by Gasteiger charge is -2.16. The molecule has 1 rings (SSSR count). The molecular weight excluding hydrogens is 205 g/mol. The zero-order valence-corrected chi connectivity index (χ0v) is 8.31. The number of hydrogen-bond acceptors (Lipinski definition) is 2. The normalized spacial score (nSPS) is 13.9. The third-order valence-corrected chi connectivity index (χ3v) is 2.20. The smallest absolute Gasteiger partial charge is 0.329 e. The van der Waals surface area contributed by atoms with E-state index in [1.54, 1.807) is 13.1 Å². The van der Waals surface area contributed by atoms with Crippen molar-refractivity contribution in [1.29, 1.82) is 0 Å². The maximum Gasteiger partial charge on any atom is 0.416 e. The van der Waals surface area contributed by atoms with Crippen molar-refractivity contribution in [2.75, 3.05) is 13.6 Å². The SMILES string of the molecule is CN[C@@H](CN)c1cccc(C(F)(F)F)c1. The number of hydrogen-bond donors (Lipinski definition) is 2. The van der Waals surface area contributed by atoms with Crippen molar-refractivity contribution >= 4 is 0 Å². The van der Waals surface area contributed by atoms with Gasteiger partial charge in [0.25, 0.3) is 0 Å². The number of halogens is 3. The predicted octanol–water partition coefficient (Wildman–Crippen LogP) is 1.92. The van der Waals surface area contributed by atoms with Crippen LogP contribution in [-0.2, 0) is 6.18 Å². The van der Waals surface area contributed by atoms with E-state index in [-0.39, 0.29) is 12.6 Å². The molecule has 1 aromatic carbocycles. The molecule has 0 spiro atoms. The molecule has 0 saturated carbocycles. The van der Waals surface area contributed by atoms with Gasteiger partial charge in [-0.2, -0.15) is 13.2 Å². The Hall–Kier alpha value is -1.07. The van der Waals surface area contributed by atoms with Gasteiger partial charge in [0.2, 0.25) is 0 Å². The number of alkyl halides is 3. The third-order valence-electron chi connectivity index (χ3n) is 2.20. The zero-order valence-electron chi connectivity index (χ0n) is 8.31. The summed E-state index contributed by atoms with van der Waals surface area (Å²) in [6.45, 7) is 0.262. The highest BCUT2D eigenvalue weighted by molar-refractivity contribution is 5.28. The summed E-state index contributed by atoms with van der Waals surface area (Å²) in [7, 11) is 1.66. The van der Waals surface area contributed by atoms with Crippen LogP contribution >= 0.6 is 0 Å². The van der Waals surface area contributed by atoms with Crippen molar-refractivity contribution in [2.45, 2.75) is 12.2 Å². The van der Waals surface area contributed by atoms with Gasteiger partial charge in [-0.3, -0.25) is 0 Å². The molecule has 1 aromatic rings. The Kier molecular flexibility index (Phi) is 3.71. The number of rotatable bonds is 3. The molecule has 0 amide bonds. The first-order chi connectivity index (χ1) is 6.99. The van der Waals surface area contributed by atoms with Gasteiger partial charge in [0.05, 0.1) is 5.56 Å². The largest absolute Gasteiger partial charge is 0.416 e. The van der Waals surface area contributed by atoms with E-state index in [1.165, 1.54) is 6.07 Å². The van der Waals surface area contributed by atoms with Gasteiger partial charge < -0.3 is 11.1 Å². The van der Waals surface area contributed by atoms with E-state index in [2.05, 4.69) is 5.32 Å². The lowest BCUT2D eigenvalue weighted by Crippen LogP contribution is -2.25. The number of likely N-dealkylation sites (N-methyl/N-ethyl adjacent to an activating group) is 1. The maximum absolute atomic E-state index is 12.4. The Morgan fingerprint density at radius 3 is 2.53 bits per heavy atom. The summed E-state index contributed by atoms with van der Waals surface area (Å²) in [5.74, 6) is 0. The minimum atomic E-state index is -4.30. The number of benzene rings is 1. The van der Waals surface area contributed by atoms with E-state index in [0.29, 0.717) is 5.56 Å². The molecule has 3 N–H and O–H groups in total. The summed E-state index contributed by atoms with van der Waals surface area (Å²) >= 11 is 0. The summed E-state index contributed by atoms with van der Waals surface area (Å²) < 4.78 is 37.2. The molecule has 5 heteroatoms. The van der Waals surface area contributed by atoms with Crippen LogP contribution in [0.2, 0.25) is 0 Å². The first kappa shape index (κ1) is 12.0. The van der Waals surface area contributed by atoms with Gasteiger partial charge in [-0.05, 0) is 24.7 Å². The van der Waals surface area contributed by atoms with Gasteiger partial charge in [-0.15, -0.1) is 0 Å². The monoisotopic (exact) mass is 218 g/mol. The van der Waals surface area contributed by atoms with Gasteiger partial charge in [-0.25, -0.2) is 0 Å². The van der Waals surface area contributed by atoms with Crippen LogP contribution in [-0.4, -0.2) is 13.6 Å². The fourth-order valence-corrected chi connectivity index (χ4v) is 1.35. The predicted molar refractivity (Wildman–Crippen MR) is 52.3 cm³/mol. The van der Waals surface area contributed by atoms with Crippen molar-refractivity contribution in [3.05, 3.63) is 35.4 Å². The first-order valence-electron chi connectivity index (χ1n) is 4.53. The molecule has 0 aliphatic heterocycles. The molecule has 0 aliphatic rings. The molecule has 0 heterocycles. The van der Waals surface area contributed by atoms with Gasteiger partial charge in [-0.1, -0.05) is 12.1 Å². The van der Waals surface area contributed by atoms with E-state index < -0.39 is 11.7 Å². The fourth-order valence-electron chi connectivity index (χ4n) is 1.35. The van der Waals surface area contributed by atoms with E-state index in [1.807, 2.05) is 0 Å². The van der Waals surface area contributed by atoms with Crippen LogP contribution in [0.25, 0.3) is 0 Å². The summed E-state index contributed by atoms with van der Waals surface area (Å²) in [4.78, 5) is 0. The Labute approximate surface area is 86.3 Å². The molecule has 0 saturated heterocycles. The third kappa shape index (κ3) is 2.94. The average molecular weight is 218 g/mol. The van der Waals surface area contributed by atoms with Crippen LogP contribution in [0.4, 0.5) is 13.2 Å². The summed E-state index contributed by atoms with van der Waals surface area (Å²) in [5.41, 5.74) is 5.34. The summed E-state index contributed by atoms with van der Waals surface area (Å²) in [6.07, 6.45) is -4.30. The Morgan fingerprint density at radius 2 is 2.07 bits per heavy atom. The van der Waals surface area contributed by atoms with Crippen LogP contribution in [0.1, 0.15) is 17.2 Å². The molecule has 84 valence electrons. The number of nitrogens with one attached hydrogen (secondary N) is 1. The van der Waals surface area contributed by atoms with Gasteiger partial charge in [0, 0.05) is 12.6 Å². The van der Waals surface area contributed by atoms with Gasteiger partial charge in [0.1, 0.15) is 0 Å². The van der Waals surface area contributed by atoms with E-state index in [0.717, 1.165) is 12.1 Å². The summed E-state index contributed by atoms with van der Waals surface area (Å²) in [6, 6.07) is 4.94. The molecule has 0 radical (unpaired) electrons. The number of nitrogens with two attached hydrogens (primary N) is 1. The second-order valence-corrected chi connectivity index (χ2v) is 3.20. The van der Waals surface area contributed by atoms with Crippen LogP contribution < -0.4 is 11.1 Å². The molecular formula is C10H13F3N2. The fraction of sp³-hybridized carbons (Fsp3) is 0.400. The molecule has 0 unspecified atom stereocenters. The Balaban J connectivity index is 3.02. The average Bonchev–Trinajstić information content (AvgIpc) is 2.19. The highest BCUT2D eigenvalue weighted by Crippen LogP contribution is 2.30. The van der Waals surface area contributed by atoms with Crippen molar-refractivity contribution < 1.29 is 13.2 Å². The van der Waals surface area contributed by atoms with Crippen LogP contribution in [0.5, 0.6) is 0 Å². The van der Waals surface area contributed by atoms with Crippen LogP contribution in [0.3, 0.4) is 0 Å². The van der Waals surface area contributed by atoms with Gasteiger partial charge >= 0.3 is 6.18 Å². The van der Waals surface area contributed by atoms with E-state index in [9.17, 15) is 13.2 Å². The minimum absolute atomic E-state index is 0.243. The maximum atomic E-state index is 12.4. The molecule has 0 aliphatic carbocycles. The summed E-state index contributed by atoms with van der Waals surface area (Å²) in [5, 5.41) is 2.85. The highest BCUT2D eigenvalue weighted by atomic mass is 19.4. The van der Waals surface area contributed by atoms with E-state index >= 15 is 0 Å². The zero-order chi connectivity index (χ0) is 11.5. The van der Waals surface area contributed by atoms with Crippen LogP contribution in [0, 0.1) is 0 Å². The van der Waals surface area contributed by atoms with Crippen LogP contribution in [0.15, 0.2) is 24.3 Å². The molecule has 0 bridgehead atoms. The lowest BCUT2D eigenvalue weighted by molar-refractivity contribution is -0.137. The molecule has 2 nitrogen and oxygen atoms in total. The minimum Gasteiger partial charge on any atom is -0.329 e. The van der Waals surface area contributed by atoms with Crippen molar-refractivity contribution in [3.8, 4) is 0 Å². The standard InChI is InChI=1S/C10H13F3N2/c1-15-9(6-14)7-3-2-4-8(5-7)10(11,12)13/h2-5,9,15H,6,14H2,1H3/t9-/m0/s1. The van der Waals surface area contributed by atoms with E-state index in [4.69, 9.17) is 5.73 Å². The lowest BCUT2D eigenvalue weighted by atomic mass is 10.0. The van der Waals surface area contributed by atoms with Gasteiger partial charge in [0.15, 0.2) is 0 Å². The Bertz CT molecular complexity index is 319. The second-order valence-electron chi connectivity index (χ2n) is 3.20. The van der Waals surface area contributed by atoms with Crippen molar-refractivity contribution in [3.63, 3.8) is 0 Å². The molecule has 0 fully saturated rings. The molecule has 1 atom stereocenters. The second kappa shape index (κ2) is 4.63. The molecule has 0 aromatic heterocycles. The Morgan fingerprint density at radius 1 is 1.40 bits per heavy atom. The highest BCUT2D eigenvalue weighted by Gasteiger charge is 2.30. The first-order valence-corrected chi connectivity index (χ1v) is 4.53. The molecule has 15 heavy (non-hydrogen) atoms. The van der Waals surface area contributed by atoms with Crippen molar-refractivity contribution in [2.24, 2.45) is 5.73 Å². The quantitative estimate of drug-likeness (QED) is 0.813. The topological polar surface area (TPSA) is 38.0 Å². The van der Waals surface area contributed by atoms with Crippen molar-refractivity contribution in [1.82, 2.24) is 5.32 Å².